The van der Waals surface area contributed by atoms with Gasteiger partial charge in [-0.15, -0.1) is 0 Å². The van der Waals surface area contributed by atoms with E-state index in [0.717, 1.165) is 19.4 Å². The van der Waals surface area contributed by atoms with E-state index in [4.69, 9.17) is 13.9 Å². The van der Waals surface area contributed by atoms with Crippen LogP contribution in [0.1, 0.15) is 19.3 Å². The van der Waals surface area contributed by atoms with Crippen molar-refractivity contribution in [3.05, 3.63) is 11.8 Å². The third-order valence-corrected chi connectivity index (χ3v) is 5.03. The van der Waals surface area contributed by atoms with Gasteiger partial charge in [0.1, 0.15) is 6.79 Å². The molecule has 0 aromatic carbocycles. The molecular weight excluding hydrogens is 232 g/mol. The van der Waals surface area contributed by atoms with Gasteiger partial charge in [-0.1, -0.05) is 0 Å². The lowest BCUT2D eigenvalue weighted by atomic mass is 9.56. The van der Waals surface area contributed by atoms with E-state index >= 15 is 0 Å². The van der Waals surface area contributed by atoms with Crippen molar-refractivity contribution < 1.29 is 13.9 Å². The second-order valence-corrected chi connectivity index (χ2v) is 10.9. The summed E-state index contributed by atoms with van der Waals surface area (Å²) in [5.41, 5.74) is 0.0575. The van der Waals surface area contributed by atoms with Crippen molar-refractivity contribution in [3.63, 3.8) is 0 Å². The van der Waals surface area contributed by atoms with Gasteiger partial charge in [-0.2, -0.15) is 0 Å². The largest absolute Gasteiger partial charge is 0.547 e. The minimum Gasteiger partial charge on any atom is -0.547 e. The number of ether oxygens (including phenoxy) is 2. The van der Waals surface area contributed by atoms with Gasteiger partial charge in [0.2, 0.25) is 8.32 Å². The maximum absolute atomic E-state index is 6.24. The second-order valence-electron chi connectivity index (χ2n) is 6.43. The minimum atomic E-state index is -1.50. The third-order valence-electron chi connectivity index (χ3n) is 4.18. The molecule has 0 aromatic rings. The lowest BCUT2D eigenvalue weighted by Crippen LogP contribution is -2.63. The van der Waals surface area contributed by atoms with E-state index in [1.54, 1.807) is 0 Å². The fraction of sp³-hybridized carbons (Fsp3) is 0.846. The smallest absolute Gasteiger partial charge is 0.241 e. The Morgan fingerprint density at radius 1 is 1.41 bits per heavy atom. The summed E-state index contributed by atoms with van der Waals surface area (Å²) in [6.07, 6.45) is 5.70. The van der Waals surface area contributed by atoms with Crippen molar-refractivity contribution >= 4 is 8.32 Å². The molecule has 2 aliphatic carbocycles. The molecule has 1 saturated heterocycles. The van der Waals surface area contributed by atoms with Gasteiger partial charge in [0, 0.05) is 11.8 Å². The molecule has 3 unspecified atom stereocenters. The fourth-order valence-corrected chi connectivity index (χ4v) is 4.37. The Hall–Kier alpha value is -0.323. The Kier molecular flexibility index (Phi) is 2.65. The Balaban J connectivity index is 1.78. The van der Waals surface area contributed by atoms with Gasteiger partial charge in [-0.05, 0) is 45.0 Å². The molecule has 3 atom stereocenters. The topological polar surface area (TPSA) is 27.7 Å². The van der Waals surface area contributed by atoms with Crippen LogP contribution in [0.3, 0.4) is 0 Å². The molecule has 1 saturated carbocycles. The molecule has 3 rings (SSSR count). The van der Waals surface area contributed by atoms with Crippen molar-refractivity contribution in [1.29, 1.82) is 0 Å². The number of rotatable bonds is 2. The Morgan fingerprint density at radius 2 is 2.24 bits per heavy atom. The lowest BCUT2D eigenvalue weighted by Gasteiger charge is -2.59. The highest BCUT2D eigenvalue weighted by Gasteiger charge is 2.60. The molecule has 1 spiro atoms. The molecule has 2 fully saturated rings. The molecule has 1 aliphatic heterocycles. The van der Waals surface area contributed by atoms with Crippen LogP contribution in [-0.2, 0) is 13.9 Å². The highest BCUT2D eigenvalue weighted by Crippen LogP contribution is 2.57. The first-order valence-electron chi connectivity index (χ1n) is 6.62. The van der Waals surface area contributed by atoms with Gasteiger partial charge in [0.15, 0.2) is 0 Å². The average Bonchev–Trinajstić information content (AvgIpc) is 2.17. The van der Waals surface area contributed by atoms with E-state index in [9.17, 15) is 0 Å². The highest BCUT2D eigenvalue weighted by molar-refractivity contribution is 6.70. The summed E-state index contributed by atoms with van der Waals surface area (Å²) in [5.74, 6) is 2.31. The van der Waals surface area contributed by atoms with Gasteiger partial charge < -0.3 is 13.9 Å². The third kappa shape index (κ3) is 1.86. The van der Waals surface area contributed by atoms with Crippen molar-refractivity contribution in [1.82, 2.24) is 0 Å². The first-order valence-corrected chi connectivity index (χ1v) is 10.0. The molecule has 3 aliphatic rings. The van der Waals surface area contributed by atoms with Gasteiger partial charge in [0.05, 0.1) is 18.0 Å². The zero-order valence-electron chi connectivity index (χ0n) is 11.0. The highest BCUT2D eigenvalue weighted by atomic mass is 28.4. The molecule has 17 heavy (non-hydrogen) atoms. The van der Waals surface area contributed by atoms with E-state index in [-0.39, 0.29) is 5.60 Å². The Morgan fingerprint density at radius 3 is 2.94 bits per heavy atom. The van der Waals surface area contributed by atoms with E-state index in [0.29, 0.717) is 18.6 Å². The molecule has 0 N–H and O–H groups in total. The van der Waals surface area contributed by atoms with Crippen molar-refractivity contribution in [2.45, 2.75) is 44.5 Å². The molecule has 0 aromatic heterocycles. The zero-order chi connectivity index (χ0) is 12.1. The summed E-state index contributed by atoms with van der Waals surface area (Å²) in [4.78, 5) is 0. The summed E-state index contributed by atoms with van der Waals surface area (Å²) in [7, 11) is -1.50. The van der Waals surface area contributed by atoms with Gasteiger partial charge in [0.25, 0.3) is 0 Å². The normalized spacial score (nSPS) is 40.8. The van der Waals surface area contributed by atoms with Crippen LogP contribution in [0.15, 0.2) is 11.8 Å². The molecule has 0 radical (unpaired) electrons. The van der Waals surface area contributed by atoms with Gasteiger partial charge in [-0.25, -0.2) is 0 Å². The predicted molar refractivity (Wildman–Crippen MR) is 68.0 cm³/mol. The van der Waals surface area contributed by atoms with Crippen LogP contribution >= 0.6 is 0 Å². The minimum absolute atomic E-state index is 0.0575. The summed E-state index contributed by atoms with van der Waals surface area (Å²) < 4.78 is 17.6. The first-order chi connectivity index (χ1) is 8.01. The van der Waals surface area contributed by atoms with Gasteiger partial charge >= 0.3 is 0 Å². The van der Waals surface area contributed by atoms with Crippen LogP contribution in [0.2, 0.25) is 19.6 Å². The molecule has 3 nitrogen and oxygen atoms in total. The number of hydrogen-bond acceptors (Lipinski definition) is 3. The van der Waals surface area contributed by atoms with Crippen molar-refractivity contribution in [2.24, 2.45) is 11.8 Å². The lowest BCUT2D eigenvalue weighted by molar-refractivity contribution is -0.294. The standard InChI is InChI=1S/C13H22O3Si/c1-17(2,3)16-12-5-4-6-13-10(7-11(12)13)8-14-9-15-13/h5,10-11H,4,6-9H2,1-3H3. The zero-order valence-corrected chi connectivity index (χ0v) is 12.0. The fourth-order valence-electron chi connectivity index (χ4n) is 3.43. The first kappa shape index (κ1) is 11.7. The van der Waals surface area contributed by atoms with Crippen LogP contribution in [0, 0.1) is 11.8 Å². The number of hydrogen-bond donors (Lipinski definition) is 0. The van der Waals surface area contributed by atoms with Gasteiger partial charge in [-0.3, -0.25) is 0 Å². The summed E-state index contributed by atoms with van der Waals surface area (Å²) >= 11 is 0. The SMILES string of the molecule is C[Si](C)(C)OC1=CCCC23OCOCC2CC13. The maximum atomic E-state index is 6.24. The summed E-state index contributed by atoms with van der Waals surface area (Å²) in [6, 6.07) is 0. The Labute approximate surface area is 104 Å². The summed E-state index contributed by atoms with van der Waals surface area (Å²) in [6.45, 7) is 8.08. The molecule has 0 bridgehead atoms. The maximum Gasteiger partial charge on any atom is 0.241 e. The van der Waals surface area contributed by atoms with Crippen molar-refractivity contribution in [2.75, 3.05) is 13.4 Å². The van der Waals surface area contributed by atoms with Crippen LogP contribution in [0.5, 0.6) is 0 Å². The Bertz CT molecular complexity index is 347. The van der Waals surface area contributed by atoms with Crippen molar-refractivity contribution in [3.8, 4) is 0 Å². The molecule has 1 heterocycles. The van der Waals surface area contributed by atoms with E-state index < -0.39 is 8.32 Å². The van der Waals surface area contributed by atoms with E-state index in [2.05, 4.69) is 25.7 Å². The second kappa shape index (κ2) is 3.83. The molecule has 4 heteroatoms. The van der Waals surface area contributed by atoms with Crippen LogP contribution < -0.4 is 0 Å². The summed E-state index contributed by atoms with van der Waals surface area (Å²) in [5, 5.41) is 0. The van der Waals surface area contributed by atoms with E-state index in [1.165, 1.54) is 12.2 Å². The molecule has 96 valence electrons. The van der Waals surface area contributed by atoms with E-state index in [1.807, 2.05) is 0 Å². The average molecular weight is 254 g/mol. The van der Waals surface area contributed by atoms with Crippen LogP contribution in [0.25, 0.3) is 0 Å². The molecule has 0 amide bonds. The van der Waals surface area contributed by atoms with Crippen LogP contribution in [-0.4, -0.2) is 27.3 Å². The number of allylic oxidation sites excluding steroid dienone is 1. The predicted octanol–water partition coefficient (Wildman–Crippen LogP) is 2.89. The molecular formula is C13H22O3Si. The van der Waals surface area contributed by atoms with Crippen LogP contribution in [0.4, 0.5) is 0 Å². The monoisotopic (exact) mass is 254 g/mol. The quantitative estimate of drug-likeness (QED) is 0.709.